The minimum Gasteiger partial charge on any atom is -0.327 e. The minimum absolute atomic E-state index is 0.285. The van der Waals surface area contributed by atoms with Gasteiger partial charge < -0.3 is 10.2 Å². The molecule has 0 aliphatic heterocycles. The summed E-state index contributed by atoms with van der Waals surface area (Å²) in [5, 5.41) is 3.10. The summed E-state index contributed by atoms with van der Waals surface area (Å²) in [5.41, 5.74) is 1.24. The van der Waals surface area contributed by atoms with Crippen molar-refractivity contribution in [2.45, 2.75) is 6.92 Å². The van der Waals surface area contributed by atoms with E-state index in [1.54, 1.807) is 37.3 Å². The Kier molecular flexibility index (Phi) is 6.00. The predicted molar refractivity (Wildman–Crippen MR) is 81.8 cm³/mol. The van der Waals surface area contributed by atoms with Crippen LogP contribution >= 0.6 is 11.6 Å². The summed E-state index contributed by atoms with van der Waals surface area (Å²) in [4.78, 5) is 25.3. The highest BCUT2D eigenvalue weighted by atomic mass is 35.5. The summed E-state index contributed by atoms with van der Waals surface area (Å²) in [5.74, 6) is -1.34. The summed E-state index contributed by atoms with van der Waals surface area (Å²) >= 11 is 5.97. The van der Waals surface area contributed by atoms with Crippen LogP contribution in [0.1, 0.15) is 5.56 Å². The molecule has 1 aromatic rings. The maximum Gasteiger partial charge on any atom is 0.313 e. The molecule has 1 aromatic carbocycles. The van der Waals surface area contributed by atoms with Crippen molar-refractivity contribution in [3.8, 4) is 0 Å². The third-order valence-corrected chi connectivity index (χ3v) is 3.11. The highest BCUT2D eigenvalue weighted by Gasteiger charge is 2.20. The van der Waals surface area contributed by atoms with Gasteiger partial charge in [-0.05, 0) is 24.6 Å². The summed E-state index contributed by atoms with van der Waals surface area (Å²) in [6.45, 7) is 9.45. The number of halogens is 1. The van der Waals surface area contributed by atoms with Gasteiger partial charge in [-0.15, -0.1) is 13.2 Å². The molecule has 0 atom stereocenters. The number of carbonyl (C=O) groups excluding carboxylic acids is 2. The van der Waals surface area contributed by atoms with Gasteiger partial charge in [0.25, 0.3) is 0 Å². The molecular weight excluding hydrogens is 276 g/mol. The minimum atomic E-state index is -0.709. The molecule has 1 rings (SSSR count). The van der Waals surface area contributed by atoms with E-state index < -0.39 is 11.8 Å². The lowest BCUT2D eigenvalue weighted by Crippen LogP contribution is -2.40. The van der Waals surface area contributed by atoms with Crippen molar-refractivity contribution in [2.75, 3.05) is 18.4 Å². The average Bonchev–Trinajstić information content (AvgIpc) is 2.42. The highest BCUT2D eigenvalue weighted by Crippen LogP contribution is 2.22. The molecule has 0 saturated heterocycles. The van der Waals surface area contributed by atoms with Gasteiger partial charge in [0.1, 0.15) is 0 Å². The van der Waals surface area contributed by atoms with Crippen molar-refractivity contribution < 1.29 is 9.59 Å². The number of carbonyl (C=O) groups is 2. The van der Waals surface area contributed by atoms with E-state index in [1.807, 2.05) is 0 Å². The standard InChI is InChI=1S/C15H17ClN2O2/c1-4-9-18(10-5-2)15(20)14(19)17-13-8-6-7-12(16)11(13)3/h4-8H,1-2,9-10H2,3H3,(H,17,19). The molecule has 0 saturated carbocycles. The second kappa shape index (κ2) is 7.50. The van der Waals surface area contributed by atoms with Crippen molar-refractivity contribution in [1.82, 2.24) is 4.90 Å². The fourth-order valence-corrected chi connectivity index (χ4v) is 1.79. The molecule has 4 nitrogen and oxygen atoms in total. The molecule has 0 unspecified atom stereocenters. The lowest BCUT2D eigenvalue weighted by atomic mass is 10.2. The van der Waals surface area contributed by atoms with E-state index in [2.05, 4.69) is 18.5 Å². The average molecular weight is 293 g/mol. The second-order valence-electron chi connectivity index (χ2n) is 4.15. The Hall–Kier alpha value is -2.07. The van der Waals surface area contributed by atoms with Crippen LogP contribution in [0.3, 0.4) is 0 Å². The molecule has 0 aliphatic carbocycles. The lowest BCUT2D eigenvalue weighted by molar-refractivity contribution is -0.142. The topological polar surface area (TPSA) is 49.4 Å². The zero-order chi connectivity index (χ0) is 15.1. The van der Waals surface area contributed by atoms with Crippen LogP contribution in [0.4, 0.5) is 5.69 Å². The van der Waals surface area contributed by atoms with E-state index in [1.165, 1.54) is 4.90 Å². The van der Waals surface area contributed by atoms with E-state index in [4.69, 9.17) is 11.6 Å². The molecule has 0 fully saturated rings. The van der Waals surface area contributed by atoms with Gasteiger partial charge in [0.15, 0.2) is 0 Å². The van der Waals surface area contributed by atoms with E-state index in [9.17, 15) is 9.59 Å². The molecule has 0 bridgehead atoms. The van der Waals surface area contributed by atoms with Gasteiger partial charge in [-0.1, -0.05) is 29.8 Å². The van der Waals surface area contributed by atoms with Crippen LogP contribution in [0.15, 0.2) is 43.5 Å². The fraction of sp³-hybridized carbons (Fsp3) is 0.200. The number of rotatable bonds is 5. The second-order valence-corrected chi connectivity index (χ2v) is 4.56. The van der Waals surface area contributed by atoms with Gasteiger partial charge in [-0.25, -0.2) is 0 Å². The zero-order valence-electron chi connectivity index (χ0n) is 11.4. The lowest BCUT2D eigenvalue weighted by Gasteiger charge is -2.19. The first-order valence-corrected chi connectivity index (χ1v) is 6.46. The largest absolute Gasteiger partial charge is 0.327 e. The molecule has 0 aliphatic rings. The van der Waals surface area contributed by atoms with Crippen LogP contribution in [0.2, 0.25) is 5.02 Å². The Labute approximate surface area is 123 Å². The maximum atomic E-state index is 12.0. The maximum absolute atomic E-state index is 12.0. The predicted octanol–water partition coefficient (Wildman–Crippen LogP) is 2.79. The van der Waals surface area contributed by atoms with Gasteiger partial charge in [0, 0.05) is 23.8 Å². The molecule has 20 heavy (non-hydrogen) atoms. The number of hydrogen-bond acceptors (Lipinski definition) is 2. The first-order valence-electron chi connectivity index (χ1n) is 6.08. The molecule has 2 amide bonds. The summed E-state index contributed by atoms with van der Waals surface area (Å²) in [6.07, 6.45) is 3.11. The Morgan fingerprint density at radius 3 is 2.45 bits per heavy atom. The molecule has 0 radical (unpaired) electrons. The smallest absolute Gasteiger partial charge is 0.313 e. The van der Waals surface area contributed by atoms with Gasteiger partial charge in [-0.2, -0.15) is 0 Å². The first-order chi connectivity index (χ1) is 9.51. The number of nitrogens with zero attached hydrogens (tertiary/aromatic N) is 1. The number of benzene rings is 1. The van der Waals surface area contributed by atoms with Gasteiger partial charge in [-0.3, -0.25) is 9.59 Å². The summed E-state index contributed by atoms with van der Waals surface area (Å²) in [7, 11) is 0. The van der Waals surface area contributed by atoms with E-state index in [0.717, 1.165) is 0 Å². The Morgan fingerprint density at radius 1 is 1.30 bits per heavy atom. The number of nitrogens with one attached hydrogen (secondary N) is 1. The van der Waals surface area contributed by atoms with Crippen LogP contribution in [0, 0.1) is 6.92 Å². The molecule has 0 aromatic heterocycles. The van der Waals surface area contributed by atoms with Crippen LogP contribution in [0.5, 0.6) is 0 Å². The van der Waals surface area contributed by atoms with Crippen LogP contribution in [-0.2, 0) is 9.59 Å². The SMILES string of the molecule is C=CCN(CC=C)C(=O)C(=O)Nc1cccc(Cl)c1C. The molecular formula is C15H17ClN2O2. The Bertz CT molecular complexity index is 531. The quantitative estimate of drug-likeness (QED) is 0.670. The van der Waals surface area contributed by atoms with Crippen molar-refractivity contribution in [3.63, 3.8) is 0 Å². The van der Waals surface area contributed by atoms with E-state index in [0.29, 0.717) is 16.3 Å². The Balaban J connectivity index is 2.83. The van der Waals surface area contributed by atoms with E-state index >= 15 is 0 Å². The zero-order valence-corrected chi connectivity index (χ0v) is 12.1. The molecule has 5 heteroatoms. The molecule has 106 valence electrons. The fourth-order valence-electron chi connectivity index (χ4n) is 1.61. The van der Waals surface area contributed by atoms with Crippen molar-refractivity contribution in [1.29, 1.82) is 0 Å². The van der Waals surface area contributed by atoms with Crippen molar-refractivity contribution in [2.24, 2.45) is 0 Å². The molecule has 0 spiro atoms. The van der Waals surface area contributed by atoms with Crippen LogP contribution < -0.4 is 5.32 Å². The highest BCUT2D eigenvalue weighted by molar-refractivity contribution is 6.40. The monoisotopic (exact) mass is 292 g/mol. The molecule has 0 heterocycles. The van der Waals surface area contributed by atoms with Gasteiger partial charge in [0.2, 0.25) is 0 Å². The third kappa shape index (κ3) is 3.96. The van der Waals surface area contributed by atoms with Gasteiger partial charge in [0.05, 0.1) is 0 Å². The number of hydrogen-bond donors (Lipinski definition) is 1. The normalized spacial score (nSPS) is 9.70. The van der Waals surface area contributed by atoms with Crippen LogP contribution in [0.25, 0.3) is 0 Å². The third-order valence-electron chi connectivity index (χ3n) is 2.70. The van der Waals surface area contributed by atoms with Crippen molar-refractivity contribution in [3.05, 3.63) is 54.1 Å². The summed E-state index contributed by atoms with van der Waals surface area (Å²) in [6, 6.07) is 5.12. The molecule has 1 N–H and O–H groups in total. The van der Waals surface area contributed by atoms with Crippen molar-refractivity contribution >= 4 is 29.1 Å². The first kappa shape index (κ1) is 16.0. The summed E-state index contributed by atoms with van der Waals surface area (Å²) < 4.78 is 0. The van der Waals surface area contributed by atoms with E-state index in [-0.39, 0.29) is 13.1 Å². The Morgan fingerprint density at radius 2 is 1.90 bits per heavy atom. The van der Waals surface area contributed by atoms with Crippen LogP contribution in [-0.4, -0.2) is 29.8 Å². The number of amides is 2. The number of anilines is 1. The van der Waals surface area contributed by atoms with Gasteiger partial charge >= 0.3 is 11.8 Å².